The molecule has 29 heavy (non-hydrogen) atoms. The Morgan fingerprint density at radius 3 is 2.48 bits per heavy atom. The Morgan fingerprint density at radius 2 is 1.90 bits per heavy atom. The molecule has 0 aliphatic carbocycles. The summed E-state index contributed by atoms with van der Waals surface area (Å²) in [5.74, 6) is -1.38. The van der Waals surface area contributed by atoms with Gasteiger partial charge in [-0.25, -0.2) is 9.18 Å². The number of rotatable bonds is 6. The Bertz CT molecular complexity index is 835. The highest BCUT2D eigenvalue weighted by atomic mass is 19.4. The maximum absolute atomic E-state index is 14.1. The van der Waals surface area contributed by atoms with Crippen LogP contribution < -0.4 is 5.32 Å². The lowest BCUT2D eigenvalue weighted by Gasteiger charge is -2.27. The first kappa shape index (κ1) is 20.9. The van der Waals surface area contributed by atoms with E-state index in [1.807, 2.05) is 29.5 Å². The van der Waals surface area contributed by atoms with Crippen molar-refractivity contribution >= 4 is 6.03 Å². The molecule has 0 aromatic heterocycles. The van der Waals surface area contributed by atoms with Crippen molar-refractivity contribution in [3.63, 3.8) is 0 Å². The van der Waals surface area contributed by atoms with E-state index in [2.05, 4.69) is 11.9 Å². The largest absolute Gasteiger partial charge is 0.419 e. The van der Waals surface area contributed by atoms with Gasteiger partial charge < -0.3 is 19.9 Å². The standard InChI is InChI=1S/C20H21F4N3O2/c1-13-6-10-26(11-7-13)8-3-9-27-17(18(29-2)25-19(27)28)14-4-5-15(16(21)12-14)20(22,23)24/h4-7,10-12,17-18H,1,3,8-9H2,2H3,(H,25,28). The SMILES string of the molecule is C=C1C=CN(CCCN2C(=O)NC(OC)C2c2ccc(C(F)(F)F)c(F)c2)C=C1. The van der Waals surface area contributed by atoms with Gasteiger partial charge in [-0.3, -0.25) is 0 Å². The van der Waals surface area contributed by atoms with Gasteiger partial charge >= 0.3 is 12.2 Å². The molecule has 2 heterocycles. The fourth-order valence-corrected chi connectivity index (χ4v) is 3.36. The first-order valence-electron chi connectivity index (χ1n) is 8.98. The van der Waals surface area contributed by atoms with Gasteiger partial charge in [0, 0.05) is 32.6 Å². The van der Waals surface area contributed by atoms with Crippen LogP contribution in [0, 0.1) is 5.82 Å². The zero-order valence-corrected chi connectivity index (χ0v) is 15.7. The summed E-state index contributed by atoms with van der Waals surface area (Å²) in [4.78, 5) is 15.8. The molecule has 2 aliphatic rings. The third-order valence-electron chi connectivity index (χ3n) is 4.82. The van der Waals surface area contributed by atoms with Crippen LogP contribution in [0.1, 0.15) is 23.6 Å². The monoisotopic (exact) mass is 411 g/mol. The van der Waals surface area contributed by atoms with E-state index in [0.29, 0.717) is 25.6 Å². The average Bonchev–Trinajstić information content (AvgIpc) is 2.98. The second-order valence-electron chi connectivity index (χ2n) is 6.78. The Hall–Kier alpha value is -2.81. The number of halogens is 4. The van der Waals surface area contributed by atoms with E-state index in [-0.39, 0.29) is 5.56 Å². The summed E-state index contributed by atoms with van der Waals surface area (Å²) < 4.78 is 57.9. The molecule has 156 valence electrons. The molecule has 1 aromatic carbocycles. The molecule has 2 atom stereocenters. The minimum absolute atomic E-state index is 0.231. The summed E-state index contributed by atoms with van der Waals surface area (Å²) in [5.41, 5.74) is -0.230. The number of carbonyl (C=O) groups excluding carboxylic acids is 1. The summed E-state index contributed by atoms with van der Waals surface area (Å²) in [6, 6.07) is 1.53. The van der Waals surface area contributed by atoms with Gasteiger partial charge in [0.1, 0.15) is 11.9 Å². The molecule has 0 saturated carbocycles. The Kier molecular flexibility index (Phi) is 5.97. The van der Waals surface area contributed by atoms with E-state index in [4.69, 9.17) is 4.74 Å². The van der Waals surface area contributed by atoms with Crippen LogP contribution in [-0.2, 0) is 10.9 Å². The number of methoxy groups -OCH3 is 1. The van der Waals surface area contributed by atoms with Crippen molar-refractivity contribution in [1.82, 2.24) is 15.1 Å². The molecular formula is C20H21F4N3O2. The summed E-state index contributed by atoms with van der Waals surface area (Å²) >= 11 is 0. The number of benzene rings is 1. The first-order chi connectivity index (χ1) is 13.7. The summed E-state index contributed by atoms with van der Waals surface area (Å²) in [6.07, 6.45) is 2.46. The van der Waals surface area contributed by atoms with E-state index in [1.54, 1.807) is 0 Å². The van der Waals surface area contributed by atoms with Gasteiger partial charge in [-0.15, -0.1) is 0 Å². The highest BCUT2D eigenvalue weighted by Gasteiger charge is 2.41. The molecule has 9 heteroatoms. The highest BCUT2D eigenvalue weighted by Crippen LogP contribution is 2.35. The molecule has 2 amide bonds. The molecular weight excluding hydrogens is 390 g/mol. The number of amides is 2. The van der Waals surface area contributed by atoms with Crippen molar-refractivity contribution in [3.05, 3.63) is 71.8 Å². The van der Waals surface area contributed by atoms with Crippen molar-refractivity contribution in [1.29, 1.82) is 0 Å². The van der Waals surface area contributed by atoms with Crippen LogP contribution in [0.4, 0.5) is 22.4 Å². The third-order valence-corrected chi connectivity index (χ3v) is 4.82. The molecule has 1 saturated heterocycles. The number of hydrogen-bond donors (Lipinski definition) is 1. The number of hydrogen-bond acceptors (Lipinski definition) is 3. The van der Waals surface area contributed by atoms with Gasteiger partial charge in [-0.05, 0) is 41.8 Å². The van der Waals surface area contributed by atoms with Crippen LogP contribution in [0.25, 0.3) is 0 Å². The lowest BCUT2D eigenvalue weighted by atomic mass is 10.0. The number of alkyl halides is 3. The number of carbonyl (C=O) groups is 1. The van der Waals surface area contributed by atoms with Gasteiger partial charge in [-0.2, -0.15) is 13.2 Å². The summed E-state index contributed by atoms with van der Waals surface area (Å²) in [5, 5.41) is 2.63. The van der Waals surface area contributed by atoms with Gasteiger partial charge in [0.25, 0.3) is 0 Å². The fraction of sp³-hybridized carbons (Fsp3) is 0.350. The quantitative estimate of drug-likeness (QED) is 0.715. The van der Waals surface area contributed by atoms with E-state index < -0.39 is 35.9 Å². The zero-order valence-electron chi connectivity index (χ0n) is 15.7. The number of urea groups is 1. The summed E-state index contributed by atoms with van der Waals surface area (Å²) in [7, 11) is 1.37. The minimum atomic E-state index is -4.78. The van der Waals surface area contributed by atoms with Crippen molar-refractivity contribution in [2.75, 3.05) is 20.2 Å². The molecule has 0 bridgehead atoms. The Morgan fingerprint density at radius 1 is 1.21 bits per heavy atom. The molecule has 5 nitrogen and oxygen atoms in total. The number of ether oxygens (including phenoxy) is 1. The van der Waals surface area contributed by atoms with Crippen LogP contribution in [-0.4, -0.2) is 42.3 Å². The lowest BCUT2D eigenvalue weighted by molar-refractivity contribution is -0.140. The Labute approximate surface area is 165 Å². The predicted octanol–water partition coefficient (Wildman–Crippen LogP) is 4.17. The van der Waals surface area contributed by atoms with Gasteiger partial charge in [-0.1, -0.05) is 12.6 Å². The molecule has 1 fully saturated rings. The minimum Gasteiger partial charge on any atom is -0.359 e. The fourth-order valence-electron chi connectivity index (χ4n) is 3.36. The maximum atomic E-state index is 14.1. The van der Waals surface area contributed by atoms with E-state index in [1.165, 1.54) is 18.1 Å². The van der Waals surface area contributed by atoms with E-state index in [0.717, 1.165) is 11.6 Å². The number of nitrogens with one attached hydrogen (secondary N) is 1. The molecule has 1 N–H and O–H groups in total. The van der Waals surface area contributed by atoms with E-state index >= 15 is 0 Å². The van der Waals surface area contributed by atoms with Crippen LogP contribution in [0.2, 0.25) is 0 Å². The molecule has 1 aromatic rings. The maximum Gasteiger partial charge on any atom is 0.419 e. The second-order valence-corrected chi connectivity index (χ2v) is 6.78. The van der Waals surface area contributed by atoms with Crippen LogP contribution in [0.15, 0.2) is 54.9 Å². The molecule has 3 rings (SSSR count). The molecule has 2 aliphatic heterocycles. The highest BCUT2D eigenvalue weighted by molar-refractivity contribution is 5.77. The third kappa shape index (κ3) is 4.61. The molecule has 0 radical (unpaired) electrons. The molecule has 2 unspecified atom stereocenters. The van der Waals surface area contributed by atoms with Crippen molar-refractivity contribution in [3.8, 4) is 0 Å². The van der Waals surface area contributed by atoms with Crippen LogP contribution in [0.3, 0.4) is 0 Å². The molecule has 0 spiro atoms. The zero-order chi connectivity index (χ0) is 21.2. The van der Waals surface area contributed by atoms with Gasteiger partial charge in [0.2, 0.25) is 0 Å². The average molecular weight is 411 g/mol. The number of nitrogens with zero attached hydrogens (tertiary/aromatic N) is 2. The second kappa shape index (κ2) is 8.28. The van der Waals surface area contributed by atoms with Crippen LogP contribution >= 0.6 is 0 Å². The topological polar surface area (TPSA) is 44.8 Å². The predicted molar refractivity (Wildman–Crippen MR) is 98.9 cm³/mol. The normalized spacial score (nSPS) is 21.8. The first-order valence-corrected chi connectivity index (χ1v) is 8.98. The lowest BCUT2D eigenvalue weighted by Crippen LogP contribution is -2.32. The Balaban J connectivity index is 1.75. The smallest absolute Gasteiger partial charge is 0.359 e. The van der Waals surface area contributed by atoms with Gasteiger partial charge in [0.05, 0.1) is 5.56 Å². The van der Waals surface area contributed by atoms with Crippen molar-refractivity contribution < 1.29 is 27.1 Å². The number of allylic oxidation sites excluding steroid dienone is 3. The van der Waals surface area contributed by atoms with Crippen molar-refractivity contribution in [2.45, 2.75) is 24.9 Å². The van der Waals surface area contributed by atoms with Gasteiger partial charge in [0.15, 0.2) is 6.23 Å². The van der Waals surface area contributed by atoms with E-state index in [9.17, 15) is 22.4 Å². The van der Waals surface area contributed by atoms with Crippen LogP contribution in [0.5, 0.6) is 0 Å². The summed E-state index contributed by atoms with van der Waals surface area (Å²) in [6.45, 7) is 4.75. The van der Waals surface area contributed by atoms with Crippen molar-refractivity contribution in [2.24, 2.45) is 0 Å².